The molecule has 0 aromatic heterocycles. The van der Waals surface area contributed by atoms with Crippen LogP contribution in [0.25, 0.3) is 0 Å². The van der Waals surface area contributed by atoms with Crippen LogP contribution in [-0.4, -0.2) is 29.6 Å². The fraction of sp³-hybridized carbons (Fsp3) is 0.286. The molecule has 6 heteroatoms. The van der Waals surface area contributed by atoms with Gasteiger partial charge in [0.25, 0.3) is 0 Å². The first-order valence-electron chi connectivity index (χ1n) is 6.30. The van der Waals surface area contributed by atoms with Gasteiger partial charge in [0.15, 0.2) is 0 Å². The number of hydrazine groups is 1. The van der Waals surface area contributed by atoms with E-state index >= 15 is 0 Å². The maximum Gasteiger partial charge on any atom is 0.244 e. The zero-order valence-corrected chi connectivity index (χ0v) is 11.0. The van der Waals surface area contributed by atoms with Crippen LogP contribution in [-0.2, 0) is 4.79 Å². The summed E-state index contributed by atoms with van der Waals surface area (Å²) in [5, 5.41) is 12.6. The van der Waals surface area contributed by atoms with Crippen LogP contribution in [0.1, 0.15) is 18.0 Å². The molecule has 0 bridgehead atoms. The van der Waals surface area contributed by atoms with Gasteiger partial charge in [-0.1, -0.05) is 12.1 Å². The number of hydrogen-bond donors (Lipinski definition) is 1. The van der Waals surface area contributed by atoms with Gasteiger partial charge < -0.3 is 10.5 Å². The molecule has 0 aliphatic carbocycles. The van der Waals surface area contributed by atoms with Crippen molar-refractivity contribution in [3.8, 4) is 11.8 Å². The molecule has 102 valence electrons. The van der Waals surface area contributed by atoms with Gasteiger partial charge in [-0.25, -0.2) is 5.01 Å². The van der Waals surface area contributed by atoms with Gasteiger partial charge in [0.2, 0.25) is 5.91 Å². The maximum absolute atomic E-state index is 11.8. The number of carbonyl (C=O) groups excluding carboxylic acids is 1. The highest BCUT2D eigenvalue weighted by Crippen LogP contribution is 2.41. The van der Waals surface area contributed by atoms with E-state index in [9.17, 15) is 10.1 Å². The lowest BCUT2D eigenvalue weighted by Crippen LogP contribution is -2.36. The highest BCUT2D eigenvalue weighted by molar-refractivity contribution is 5.81. The van der Waals surface area contributed by atoms with E-state index in [0.29, 0.717) is 18.5 Å². The van der Waals surface area contributed by atoms with Gasteiger partial charge in [-0.3, -0.25) is 4.79 Å². The second kappa shape index (κ2) is 4.54. The molecule has 1 amide bonds. The zero-order chi connectivity index (χ0) is 14.3. The summed E-state index contributed by atoms with van der Waals surface area (Å²) in [6.07, 6.45) is 0.423. The Morgan fingerprint density at radius 2 is 2.10 bits per heavy atom. The lowest BCUT2D eigenvalue weighted by molar-refractivity contribution is -0.133. The molecule has 1 aromatic rings. The van der Waals surface area contributed by atoms with Crippen LogP contribution in [0.3, 0.4) is 0 Å². The highest BCUT2D eigenvalue weighted by atomic mass is 16.5. The summed E-state index contributed by atoms with van der Waals surface area (Å²) in [6.45, 7) is 0.571. The number of amides is 1. The van der Waals surface area contributed by atoms with Crippen molar-refractivity contribution in [1.29, 1.82) is 5.26 Å². The third kappa shape index (κ3) is 1.64. The summed E-state index contributed by atoms with van der Waals surface area (Å²) in [6, 6.07) is 9.28. The number of nitriles is 1. The number of ether oxygens (including phenoxy) is 1. The number of nitrogens with zero attached hydrogens (tertiary/aromatic N) is 3. The Morgan fingerprint density at radius 3 is 2.70 bits per heavy atom. The summed E-state index contributed by atoms with van der Waals surface area (Å²) in [7, 11) is 1.60. The van der Waals surface area contributed by atoms with Gasteiger partial charge in [0, 0.05) is 13.0 Å². The Morgan fingerprint density at radius 1 is 1.40 bits per heavy atom. The topological polar surface area (TPSA) is 82.6 Å². The van der Waals surface area contributed by atoms with Crippen molar-refractivity contribution in [3.63, 3.8) is 0 Å². The van der Waals surface area contributed by atoms with E-state index in [1.54, 1.807) is 7.11 Å². The third-order valence-corrected chi connectivity index (χ3v) is 3.68. The molecule has 2 heterocycles. The van der Waals surface area contributed by atoms with Crippen LogP contribution >= 0.6 is 0 Å². The van der Waals surface area contributed by atoms with Gasteiger partial charge in [0.1, 0.15) is 17.6 Å². The quantitative estimate of drug-likeness (QED) is 0.863. The molecule has 3 rings (SSSR count). The van der Waals surface area contributed by atoms with Crippen molar-refractivity contribution in [1.82, 2.24) is 10.0 Å². The second-order valence-corrected chi connectivity index (χ2v) is 4.71. The minimum absolute atomic E-state index is 0.0636. The molecule has 1 fully saturated rings. The first-order valence-corrected chi connectivity index (χ1v) is 6.30. The zero-order valence-electron chi connectivity index (χ0n) is 11.0. The third-order valence-electron chi connectivity index (χ3n) is 3.68. The summed E-state index contributed by atoms with van der Waals surface area (Å²) >= 11 is 0. The normalized spacial score (nSPS) is 22.1. The minimum atomic E-state index is -0.294. The van der Waals surface area contributed by atoms with Crippen molar-refractivity contribution < 1.29 is 9.53 Å². The lowest BCUT2D eigenvalue weighted by atomic mass is 10.00. The van der Waals surface area contributed by atoms with Gasteiger partial charge in [-0.15, -0.1) is 0 Å². The highest BCUT2D eigenvalue weighted by Gasteiger charge is 2.45. The molecule has 1 saturated heterocycles. The lowest BCUT2D eigenvalue weighted by Gasteiger charge is -2.26. The molecule has 0 unspecified atom stereocenters. The molecule has 0 spiro atoms. The Kier molecular flexibility index (Phi) is 2.84. The van der Waals surface area contributed by atoms with Gasteiger partial charge in [-0.05, 0) is 17.7 Å². The molecule has 1 atom stereocenters. The average Bonchev–Trinajstić information content (AvgIpc) is 2.98. The van der Waals surface area contributed by atoms with E-state index in [0.717, 1.165) is 11.3 Å². The number of methoxy groups -OCH3 is 1. The molecular formula is C14H14N4O2. The number of benzene rings is 1. The van der Waals surface area contributed by atoms with E-state index in [2.05, 4.69) is 6.07 Å². The Bertz CT molecular complexity index is 630. The molecule has 1 aromatic carbocycles. The molecular weight excluding hydrogens is 256 g/mol. The van der Waals surface area contributed by atoms with E-state index in [4.69, 9.17) is 10.5 Å². The largest absolute Gasteiger partial charge is 0.497 e. The van der Waals surface area contributed by atoms with Crippen molar-refractivity contribution in [2.75, 3.05) is 13.7 Å². The molecule has 20 heavy (non-hydrogen) atoms. The summed E-state index contributed by atoms with van der Waals surface area (Å²) < 4.78 is 5.13. The predicted molar refractivity (Wildman–Crippen MR) is 70.7 cm³/mol. The minimum Gasteiger partial charge on any atom is -0.497 e. The standard InChI is InChI=1S/C14H14N4O2/c1-20-10-4-2-9(3-5-10)13-11(8-15)14(16)18-12(19)6-7-17(13)18/h2-5,13H,6-7,16H2,1H3/t13-/m1/s1. The summed E-state index contributed by atoms with van der Waals surface area (Å²) in [4.78, 5) is 11.8. The van der Waals surface area contributed by atoms with E-state index in [-0.39, 0.29) is 17.8 Å². The van der Waals surface area contributed by atoms with Gasteiger partial charge in [0.05, 0.1) is 18.7 Å². The Hall–Kier alpha value is -2.52. The Labute approximate surface area is 116 Å². The van der Waals surface area contributed by atoms with Crippen LogP contribution in [0.15, 0.2) is 35.7 Å². The Balaban J connectivity index is 2.03. The number of nitrogens with two attached hydrogens (primary N) is 1. The molecule has 2 aliphatic rings. The average molecular weight is 270 g/mol. The van der Waals surface area contributed by atoms with Crippen LogP contribution in [0.5, 0.6) is 5.75 Å². The van der Waals surface area contributed by atoms with Crippen LogP contribution < -0.4 is 10.5 Å². The molecule has 0 saturated carbocycles. The number of hydrogen-bond acceptors (Lipinski definition) is 5. The summed E-state index contributed by atoms with van der Waals surface area (Å²) in [5.74, 6) is 0.929. The number of fused-ring (bicyclic) bond motifs is 1. The molecule has 6 nitrogen and oxygen atoms in total. The fourth-order valence-corrected chi connectivity index (χ4v) is 2.72. The van der Waals surface area contributed by atoms with Gasteiger partial charge in [-0.2, -0.15) is 10.3 Å². The van der Waals surface area contributed by atoms with Crippen molar-refractivity contribution in [2.45, 2.75) is 12.5 Å². The van der Waals surface area contributed by atoms with Crippen molar-refractivity contribution in [3.05, 3.63) is 41.2 Å². The monoisotopic (exact) mass is 270 g/mol. The molecule has 2 aliphatic heterocycles. The van der Waals surface area contributed by atoms with E-state index in [1.807, 2.05) is 29.3 Å². The predicted octanol–water partition coefficient (Wildman–Crippen LogP) is 0.893. The van der Waals surface area contributed by atoms with Crippen molar-refractivity contribution in [2.24, 2.45) is 5.73 Å². The number of rotatable bonds is 2. The maximum atomic E-state index is 11.8. The fourth-order valence-electron chi connectivity index (χ4n) is 2.72. The molecule has 0 radical (unpaired) electrons. The van der Waals surface area contributed by atoms with E-state index in [1.165, 1.54) is 5.01 Å². The van der Waals surface area contributed by atoms with Crippen molar-refractivity contribution >= 4 is 5.91 Å². The molecule has 2 N–H and O–H groups in total. The summed E-state index contributed by atoms with van der Waals surface area (Å²) in [5.41, 5.74) is 7.28. The van der Waals surface area contributed by atoms with Crippen LogP contribution in [0.4, 0.5) is 0 Å². The van der Waals surface area contributed by atoms with Crippen LogP contribution in [0.2, 0.25) is 0 Å². The first-order chi connectivity index (χ1) is 9.67. The first kappa shape index (κ1) is 12.5. The van der Waals surface area contributed by atoms with Gasteiger partial charge >= 0.3 is 0 Å². The SMILES string of the molecule is COc1ccc([C@@H]2C(C#N)=C(N)N3C(=O)CCN23)cc1. The second-order valence-electron chi connectivity index (χ2n) is 4.71. The number of carbonyl (C=O) groups is 1. The van der Waals surface area contributed by atoms with E-state index < -0.39 is 0 Å². The smallest absolute Gasteiger partial charge is 0.244 e. The van der Waals surface area contributed by atoms with Crippen LogP contribution in [0, 0.1) is 11.3 Å².